The lowest BCUT2D eigenvalue weighted by Gasteiger charge is -2.34. The highest BCUT2D eigenvalue weighted by Gasteiger charge is 2.20. The van der Waals surface area contributed by atoms with Crippen LogP contribution in [0.2, 0.25) is 5.02 Å². The van der Waals surface area contributed by atoms with Crippen LogP contribution in [0, 0.1) is 3.57 Å². The maximum Gasteiger partial charge on any atom is 0.252 e. The van der Waals surface area contributed by atoms with E-state index in [1.54, 1.807) is 11.3 Å². The quantitative estimate of drug-likeness (QED) is 0.464. The molecular weight excluding hydrogens is 542 g/mol. The van der Waals surface area contributed by atoms with E-state index < -0.39 is 0 Å². The Balaban J connectivity index is 0.00000240. The summed E-state index contributed by atoms with van der Waals surface area (Å²) in [6.07, 6.45) is 0. The first-order valence-corrected chi connectivity index (χ1v) is 11.4. The number of benzene rings is 2. The lowest BCUT2D eigenvalue weighted by molar-refractivity contribution is 0.0947. The highest BCUT2D eigenvalue weighted by atomic mass is 127. The number of anilines is 1. The number of nitrogens with zero attached hydrogens (tertiary/aromatic N) is 3. The number of carbonyl (C=O) groups is 1. The predicted octanol–water partition coefficient (Wildman–Crippen LogP) is 4.53. The highest BCUT2D eigenvalue weighted by Crippen LogP contribution is 2.33. The van der Waals surface area contributed by atoms with Crippen LogP contribution in [0.4, 0.5) is 5.13 Å². The molecule has 0 atom stereocenters. The van der Waals surface area contributed by atoms with Gasteiger partial charge in [-0.25, -0.2) is 4.98 Å². The van der Waals surface area contributed by atoms with Gasteiger partial charge >= 0.3 is 0 Å². The van der Waals surface area contributed by atoms with E-state index in [0.717, 1.165) is 57.2 Å². The summed E-state index contributed by atoms with van der Waals surface area (Å²) in [5.41, 5.74) is 1.63. The summed E-state index contributed by atoms with van der Waals surface area (Å²) in [6.45, 7) is 5.30. The topological polar surface area (TPSA) is 48.5 Å². The molecule has 2 aromatic carbocycles. The molecule has 1 aliphatic heterocycles. The first-order chi connectivity index (χ1) is 13.6. The van der Waals surface area contributed by atoms with Gasteiger partial charge in [0, 0.05) is 42.8 Å². The molecule has 29 heavy (non-hydrogen) atoms. The molecule has 1 aromatic heterocycles. The maximum atomic E-state index is 12.3. The third-order valence-electron chi connectivity index (χ3n) is 4.83. The van der Waals surface area contributed by atoms with Gasteiger partial charge in [-0.2, -0.15) is 0 Å². The van der Waals surface area contributed by atoms with E-state index >= 15 is 0 Å². The summed E-state index contributed by atoms with van der Waals surface area (Å²) in [5.74, 6) is -0.00464. The zero-order chi connectivity index (χ0) is 19.5. The second-order valence-corrected chi connectivity index (χ2v) is 9.23. The number of hydrogen-bond acceptors (Lipinski definition) is 5. The Labute approximate surface area is 199 Å². The minimum atomic E-state index is -0.00464. The van der Waals surface area contributed by atoms with Crippen molar-refractivity contribution in [2.45, 2.75) is 0 Å². The number of aromatic nitrogens is 1. The second-order valence-electron chi connectivity index (χ2n) is 6.65. The fraction of sp³-hybridized carbons (Fsp3) is 0.300. The van der Waals surface area contributed by atoms with Crippen LogP contribution < -0.4 is 10.2 Å². The zero-order valence-corrected chi connectivity index (χ0v) is 20.2. The van der Waals surface area contributed by atoms with Gasteiger partial charge in [-0.15, -0.1) is 12.4 Å². The lowest BCUT2D eigenvalue weighted by atomic mass is 10.2. The summed E-state index contributed by atoms with van der Waals surface area (Å²) in [7, 11) is 0. The Hall–Kier alpha value is -1.13. The SMILES string of the molecule is Cl.O=C(NCCN1CCN(c2nc3c(Cl)cccc3s2)CC1)c1ccccc1I. The zero-order valence-electron chi connectivity index (χ0n) is 15.6. The fourth-order valence-corrected chi connectivity index (χ4v) is 5.22. The van der Waals surface area contributed by atoms with E-state index in [1.165, 1.54) is 0 Å². The number of amides is 1. The molecule has 2 heterocycles. The van der Waals surface area contributed by atoms with Gasteiger partial charge in [0.05, 0.1) is 15.3 Å². The van der Waals surface area contributed by atoms with E-state index in [0.29, 0.717) is 11.6 Å². The fourth-order valence-electron chi connectivity index (χ4n) is 3.27. The Morgan fingerprint density at radius 2 is 1.90 bits per heavy atom. The van der Waals surface area contributed by atoms with Gasteiger partial charge in [0.2, 0.25) is 0 Å². The Morgan fingerprint density at radius 3 is 2.62 bits per heavy atom. The second kappa shape index (κ2) is 10.3. The van der Waals surface area contributed by atoms with Gasteiger partial charge in [0.25, 0.3) is 5.91 Å². The van der Waals surface area contributed by atoms with E-state index in [9.17, 15) is 4.79 Å². The molecular formula is C20H21Cl2IN4OS. The number of piperazine rings is 1. The van der Waals surface area contributed by atoms with Crippen LogP contribution in [0.3, 0.4) is 0 Å². The number of nitrogens with one attached hydrogen (secondary N) is 1. The molecule has 0 bridgehead atoms. The molecule has 0 saturated carbocycles. The smallest absolute Gasteiger partial charge is 0.252 e. The third kappa shape index (κ3) is 5.32. The Morgan fingerprint density at radius 1 is 1.14 bits per heavy atom. The van der Waals surface area contributed by atoms with Crippen LogP contribution in [-0.4, -0.2) is 55.1 Å². The number of thiazole rings is 1. The van der Waals surface area contributed by atoms with Gasteiger partial charge in [0.1, 0.15) is 5.52 Å². The molecule has 1 N–H and O–H groups in total. The van der Waals surface area contributed by atoms with Crippen molar-refractivity contribution < 1.29 is 4.79 Å². The molecule has 9 heteroatoms. The van der Waals surface area contributed by atoms with E-state index in [2.05, 4.69) is 43.8 Å². The van der Waals surface area contributed by atoms with Crippen molar-refractivity contribution in [3.05, 3.63) is 56.6 Å². The van der Waals surface area contributed by atoms with Crippen molar-refractivity contribution in [2.24, 2.45) is 0 Å². The maximum absolute atomic E-state index is 12.3. The van der Waals surface area contributed by atoms with Crippen molar-refractivity contribution in [3.8, 4) is 0 Å². The lowest BCUT2D eigenvalue weighted by Crippen LogP contribution is -2.48. The number of carbonyl (C=O) groups excluding carboxylic acids is 1. The summed E-state index contributed by atoms with van der Waals surface area (Å²) >= 11 is 10.1. The Bertz CT molecular complexity index is 992. The summed E-state index contributed by atoms with van der Waals surface area (Å²) < 4.78 is 2.10. The molecule has 1 fully saturated rings. The van der Waals surface area contributed by atoms with Crippen LogP contribution in [0.1, 0.15) is 10.4 Å². The molecule has 4 rings (SSSR count). The molecule has 0 unspecified atom stereocenters. The molecule has 0 aliphatic carbocycles. The van der Waals surface area contributed by atoms with Crippen molar-refractivity contribution in [1.29, 1.82) is 0 Å². The standard InChI is InChI=1S/C20H20ClIN4OS.ClH/c21-15-5-3-7-17-18(15)24-20(28-17)26-12-10-25(11-13-26)9-8-23-19(27)14-4-1-2-6-16(14)22;/h1-7H,8-13H2,(H,23,27);1H. The van der Waals surface area contributed by atoms with Crippen molar-refractivity contribution in [3.63, 3.8) is 0 Å². The molecule has 1 amide bonds. The van der Waals surface area contributed by atoms with Crippen molar-refractivity contribution in [1.82, 2.24) is 15.2 Å². The molecule has 5 nitrogen and oxygen atoms in total. The van der Waals surface area contributed by atoms with Crippen LogP contribution >= 0.6 is 57.9 Å². The van der Waals surface area contributed by atoms with Gasteiger partial charge < -0.3 is 10.2 Å². The average Bonchev–Trinajstić information content (AvgIpc) is 3.14. The summed E-state index contributed by atoms with van der Waals surface area (Å²) in [6, 6.07) is 13.6. The Kier molecular flexibility index (Phi) is 7.98. The number of rotatable bonds is 5. The van der Waals surface area contributed by atoms with Crippen LogP contribution in [0.5, 0.6) is 0 Å². The predicted molar refractivity (Wildman–Crippen MR) is 132 cm³/mol. The van der Waals surface area contributed by atoms with Crippen molar-refractivity contribution in [2.75, 3.05) is 44.2 Å². The van der Waals surface area contributed by atoms with E-state index in [4.69, 9.17) is 16.6 Å². The minimum Gasteiger partial charge on any atom is -0.351 e. The highest BCUT2D eigenvalue weighted by molar-refractivity contribution is 14.1. The van der Waals surface area contributed by atoms with Gasteiger partial charge in [0.15, 0.2) is 5.13 Å². The van der Waals surface area contributed by atoms with Crippen LogP contribution in [0.15, 0.2) is 42.5 Å². The van der Waals surface area contributed by atoms with E-state index in [1.807, 2.05) is 36.4 Å². The first kappa shape index (κ1) is 22.6. The monoisotopic (exact) mass is 562 g/mol. The van der Waals surface area contributed by atoms with Crippen LogP contribution in [-0.2, 0) is 0 Å². The summed E-state index contributed by atoms with van der Waals surface area (Å²) in [4.78, 5) is 21.7. The average molecular weight is 563 g/mol. The number of hydrogen-bond donors (Lipinski definition) is 1. The summed E-state index contributed by atoms with van der Waals surface area (Å²) in [5, 5.41) is 4.78. The largest absolute Gasteiger partial charge is 0.351 e. The van der Waals surface area contributed by atoms with Gasteiger partial charge in [-0.05, 0) is 46.9 Å². The number of halogens is 3. The van der Waals surface area contributed by atoms with Crippen LogP contribution in [0.25, 0.3) is 10.2 Å². The number of fused-ring (bicyclic) bond motifs is 1. The molecule has 154 valence electrons. The van der Waals surface area contributed by atoms with Gasteiger partial charge in [-0.1, -0.05) is 41.1 Å². The minimum absolute atomic E-state index is 0. The molecule has 3 aromatic rings. The van der Waals surface area contributed by atoms with E-state index in [-0.39, 0.29) is 18.3 Å². The number of para-hydroxylation sites is 1. The third-order valence-corrected chi connectivity index (χ3v) is 7.16. The molecule has 0 spiro atoms. The molecule has 1 aliphatic rings. The molecule has 0 radical (unpaired) electrons. The first-order valence-electron chi connectivity index (χ1n) is 9.17. The van der Waals surface area contributed by atoms with Gasteiger partial charge in [-0.3, -0.25) is 9.69 Å². The normalized spacial score (nSPS) is 14.6. The van der Waals surface area contributed by atoms with Crippen molar-refractivity contribution >= 4 is 79.2 Å². The molecule has 1 saturated heterocycles.